The molecule has 0 atom stereocenters. The Hall–Kier alpha value is -3.37. The van der Waals surface area contributed by atoms with E-state index < -0.39 is 40.7 Å². The number of amides is 1. The van der Waals surface area contributed by atoms with Crippen molar-refractivity contribution in [2.75, 3.05) is 5.32 Å². The molecule has 0 saturated carbocycles. The van der Waals surface area contributed by atoms with Crippen molar-refractivity contribution < 1.29 is 26.7 Å². The lowest BCUT2D eigenvalue weighted by molar-refractivity contribution is -0.143. The van der Waals surface area contributed by atoms with Crippen LogP contribution in [0.2, 0.25) is 0 Å². The van der Waals surface area contributed by atoms with Crippen molar-refractivity contribution in [1.29, 1.82) is 0 Å². The first-order valence-electron chi connectivity index (χ1n) is 6.96. The number of nitrogens with zero attached hydrogens (tertiary/aromatic N) is 4. The van der Waals surface area contributed by atoms with E-state index in [4.69, 9.17) is 0 Å². The zero-order chi connectivity index (χ0) is 18.9. The number of alkyl halides is 3. The van der Waals surface area contributed by atoms with Crippen LogP contribution in [0.25, 0.3) is 5.69 Å². The van der Waals surface area contributed by atoms with Crippen molar-refractivity contribution in [2.24, 2.45) is 0 Å². The normalized spacial score (nSPS) is 11.4. The predicted octanol–water partition coefficient (Wildman–Crippen LogP) is 3.21. The maximum Gasteiger partial charge on any atom is 0.434 e. The quantitative estimate of drug-likeness (QED) is 0.720. The molecule has 0 aliphatic carbocycles. The van der Waals surface area contributed by atoms with Crippen LogP contribution in [0, 0.1) is 11.6 Å². The highest BCUT2D eigenvalue weighted by Crippen LogP contribution is 2.34. The molecule has 0 spiro atoms. The highest BCUT2D eigenvalue weighted by atomic mass is 19.4. The van der Waals surface area contributed by atoms with Gasteiger partial charge in [0.1, 0.15) is 11.5 Å². The maximum absolute atomic E-state index is 13.9. The average Bonchev–Trinajstić information content (AvgIpc) is 3.01. The summed E-state index contributed by atoms with van der Waals surface area (Å²) in [5.41, 5.74) is -2.87. The first-order chi connectivity index (χ1) is 12.3. The third kappa shape index (κ3) is 3.36. The van der Waals surface area contributed by atoms with E-state index in [0.717, 1.165) is 18.3 Å². The molecule has 0 bridgehead atoms. The lowest BCUT2D eigenvalue weighted by Crippen LogP contribution is -2.21. The Morgan fingerprint density at radius 2 is 1.85 bits per heavy atom. The van der Waals surface area contributed by atoms with E-state index in [0.29, 0.717) is 12.3 Å². The SMILES string of the molecule is O=C(Nc1ccnnc1)c1cnn(-c2ccc(F)cc2F)c1C(F)(F)F. The molecule has 1 N–H and O–H groups in total. The number of carbonyl (C=O) groups is 1. The molecule has 26 heavy (non-hydrogen) atoms. The molecule has 0 fully saturated rings. The van der Waals surface area contributed by atoms with Crippen LogP contribution in [0.4, 0.5) is 27.6 Å². The number of benzene rings is 1. The van der Waals surface area contributed by atoms with E-state index >= 15 is 0 Å². The molecule has 0 aliphatic heterocycles. The van der Waals surface area contributed by atoms with Crippen LogP contribution < -0.4 is 5.32 Å². The van der Waals surface area contributed by atoms with Crippen LogP contribution in [-0.2, 0) is 6.18 Å². The molecular weight excluding hydrogens is 361 g/mol. The van der Waals surface area contributed by atoms with Gasteiger partial charge in [-0.3, -0.25) is 4.79 Å². The van der Waals surface area contributed by atoms with Crippen molar-refractivity contribution in [3.8, 4) is 5.69 Å². The molecule has 0 unspecified atom stereocenters. The van der Waals surface area contributed by atoms with Gasteiger partial charge in [-0.2, -0.15) is 28.5 Å². The Bertz CT molecular complexity index is 955. The minimum absolute atomic E-state index is 0.110. The van der Waals surface area contributed by atoms with Gasteiger partial charge in [0.05, 0.1) is 29.8 Å². The Balaban J connectivity index is 2.07. The van der Waals surface area contributed by atoms with Gasteiger partial charge in [0, 0.05) is 6.07 Å². The van der Waals surface area contributed by atoms with Crippen molar-refractivity contribution in [3.63, 3.8) is 0 Å². The van der Waals surface area contributed by atoms with Gasteiger partial charge >= 0.3 is 6.18 Å². The fraction of sp³-hybridized carbons (Fsp3) is 0.0667. The van der Waals surface area contributed by atoms with Gasteiger partial charge < -0.3 is 5.32 Å². The zero-order valence-electron chi connectivity index (χ0n) is 12.6. The third-order valence-corrected chi connectivity index (χ3v) is 3.26. The molecule has 0 radical (unpaired) electrons. The summed E-state index contributed by atoms with van der Waals surface area (Å²) in [7, 11) is 0. The first kappa shape index (κ1) is 17.5. The van der Waals surface area contributed by atoms with Crippen molar-refractivity contribution in [2.45, 2.75) is 6.18 Å². The minimum Gasteiger partial charge on any atom is -0.320 e. The molecule has 3 rings (SSSR count). The third-order valence-electron chi connectivity index (χ3n) is 3.26. The topological polar surface area (TPSA) is 72.7 Å². The Morgan fingerprint density at radius 3 is 2.46 bits per heavy atom. The summed E-state index contributed by atoms with van der Waals surface area (Å²) in [6, 6.07) is 3.31. The van der Waals surface area contributed by atoms with E-state index in [1.807, 2.05) is 0 Å². The Kier molecular flexibility index (Phi) is 4.36. The lowest BCUT2D eigenvalue weighted by atomic mass is 10.2. The minimum atomic E-state index is -5.03. The number of halogens is 5. The number of carbonyl (C=O) groups excluding carboxylic acids is 1. The molecule has 0 aliphatic rings. The number of anilines is 1. The molecule has 3 aromatic rings. The molecule has 6 nitrogen and oxygen atoms in total. The largest absolute Gasteiger partial charge is 0.434 e. The molecular formula is C15H8F5N5O. The fourth-order valence-electron chi connectivity index (χ4n) is 2.19. The van der Waals surface area contributed by atoms with Crippen molar-refractivity contribution in [1.82, 2.24) is 20.0 Å². The van der Waals surface area contributed by atoms with Crippen LogP contribution >= 0.6 is 0 Å². The van der Waals surface area contributed by atoms with Crippen LogP contribution in [0.1, 0.15) is 16.1 Å². The predicted molar refractivity (Wildman–Crippen MR) is 78.5 cm³/mol. The molecule has 11 heteroatoms. The first-order valence-corrected chi connectivity index (χ1v) is 6.96. The van der Waals surface area contributed by atoms with Crippen LogP contribution in [-0.4, -0.2) is 25.9 Å². The van der Waals surface area contributed by atoms with E-state index in [2.05, 4.69) is 20.6 Å². The fourth-order valence-corrected chi connectivity index (χ4v) is 2.19. The summed E-state index contributed by atoms with van der Waals surface area (Å²) >= 11 is 0. The maximum atomic E-state index is 13.9. The number of hydrogen-bond acceptors (Lipinski definition) is 4. The van der Waals surface area contributed by atoms with Gasteiger partial charge in [-0.05, 0) is 18.2 Å². The summed E-state index contributed by atoms with van der Waals surface area (Å²) in [5, 5.41) is 12.6. The van der Waals surface area contributed by atoms with E-state index in [-0.39, 0.29) is 10.4 Å². The monoisotopic (exact) mass is 369 g/mol. The molecule has 1 amide bonds. The lowest BCUT2D eigenvalue weighted by Gasteiger charge is -2.13. The summed E-state index contributed by atoms with van der Waals surface area (Å²) < 4.78 is 67.5. The highest BCUT2D eigenvalue weighted by Gasteiger charge is 2.41. The number of rotatable bonds is 3. The summed E-state index contributed by atoms with van der Waals surface area (Å²) in [6.45, 7) is 0. The Labute approximate surface area is 142 Å². The number of nitrogens with one attached hydrogen (secondary N) is 1. The molecule has 2 heterocycles. The number of hydrogen-bond donors (Lipinski definition) is 1. The van der Waals surface area contributed by atoms with Crippen LogP contribution in [0.15, 0.2) is 42.9 Å². The summed E-state index contributed by atoms with van der Waals surface area (Å²) in [6.07, 6.45) is -2.01. The van der Waals surface area contributed by atoms with Crippen molar-refractivity contribution >= 4 is 11.6 Å². The van der Waals surface area contributed by atoms with Crippen molar-refractivity contribution in [3.05, 3.63) is 65.7 Å². The molecule has 0 saturated heterocycles. The Morgan fingerprint density at radius 1 is 1.08 bits per heavy atom. The van der Waals surface area contributed by atoms with Gasteiger partial charge in [-0.1, -0.05) is 0 Å². The van der Waals surface area contributed by atoms with Gasteiger partial charge in [-0.15, -0.1) is 0 Å². The number of aromatic nitrogens is 4. The summed E-state index contributed by atoms with van der Waals surface area (Å²) in [4.78, 5) is 12.2. The van der Waals surface area contributed by atoms with Crippen LogP contribution in [0.3, 0.4) is 0 Å². The molecule has 1 aromatic carbocycles. The van der Waals surface area contributed by atoms with E-state index in [1.165, 1.54) is 12.3 Å². The van der Waals surface area contributed by atoms with Gasteiger partial charge in [0.25, 0.3) is 5.91 Å². The van der Waals surface area contributed by atoms with Gasteiger partial charge in [-0.25, -0.2) is 13.5 Å². The molecule has 134 valence electrons. The second-order valence-corrected chi connectivity index (χ2v) is 5.00. The van der Waals surface area contributed by atoms with E-state index in [1.54, 1.807) is 0 Å². The highest BCUT2D eigenvalue weighted by molar-refractivity contribution is 6.05. The van der Waals surface area contributed by atoms with Crippen LogP contribution in [0.5, 0.6) is 0 Å². The average molecular weight is 369 g/mol. The van der Waals surface area contributed by atoms with Gasteiger partial charge in [0.2, 0.25) is 0 Å². The smallest absolute Gasteiger partial charge is 0.320 e. The molecule has 2 aromatic heterocycles. The summed E-state index contributed by atoms with van der Waals surface area (Å²) in [5.74, 6) is -3.35. The standard InChI is InChI=1S/C15H8F5N5O/c16-8-1-2-12(11(17)5-8)25-13(15(18,19)20)10(7-23-25)14(26)24-9-3-4-21-22-6-9/h1-7H,(H,21,24,26). The second kappa shape index (κ2) is 6.50. The van der Waals surface area contributed by atoms with E-state index in [9.17, 15) is 26.7 Å². The van der Waals surface area contributed by atoms with Gasteiger partial charge in [0.15, 0.2) is 11.5 Å². The second-order valence-electron chi connectivity index (χ2n) is 5.00. The zero-order valence-corrected chi connectivity index (χ0v) is 12.6.